The Kier molecular flexibility index (Phi) is 9.13. The Morgan fingerprint density at radius 3 is 2.72 bits per heavy atom. The Bertz CT molecular complexity index is 891. The molecule has 0 bridgehead atoms. The molecule has 2 heterocycles. The quantitative estimate of drug-likeness (QED) is 0.509. The minimum atomic E-state index is -1.06. The van der Waals surface area contributed by atoms with Gasteiger partial charge in [-0.2, -0.15) is 11.3 Å². The average Bonchev–Trinajstić information content (AvgIpc) is 3.27. The number of carbonyl (C=O) groups is 3. The number of amides is 1. The molecular weight excluding hydrogens is 448 g/mol. The van der Waals surface area contributed by atoms with E-state index in [4.69, 9.17) is 4.74 Å². The van der Waals surface area contributed by atoms with Gasteiger partial charge in [0, 0.05) is 17.5 Å². The number of hydrogen-bond donors (Lipinski definition) is 2. The third-order valence-electron chi connectivity index (χ3n) is 5.24. The smallest absolute Gasteiger partial charge is 0.323 e. The predicted molar refractivity (Wildman–Crippen MR) is 126 cm³/mol. The predicted octanol–water partition coefficient (Wildman–Crippen LogP) is 2.97. The third kappa shape index (κ3) is 6.82. The van der Waals surface area contributed by atoms with Crippen LogP contribution in [0.25, 0.3) is 0 Å². The molecule has 2 aromatic rings. The van der Waals surface area contributed by atoms with Crippen molar-refractivity contribution in [3.8, 4) is 0 Å². The molecule has 1 aromatic heterocycles. The van der Waals surface area contributed by atoms with Crippen molar-refractivity contribution in [2.75, 3.05) is 25.4 Å². The summed E-state index contributed by atoms with van der Waals surface area (Å²) in [5.74, 6) is -1.31. The summed E-state index contributed by atoms with van der Waals surface area (Å²) in [5.41, 5.74) is 2.17. The van der Waals surface area contributed by atoms with E-state index in [9.17, 15) is 19.5 Å². The minimum absolute atomic E-state index is 0.0123. The van der Waals surface area contributed by atoms with Gasteiger partial charge in [0.2, 0.25) is 5.91 Å². The molecule has 0 saturated carbocycles. The largest absolute Gasteiger partial charge is 0.480 e. The van der Waals surface area contributed by atoms with Crippen molar-refractivity contribution < 1.29 is 24.2 Å². The number of thioether (sulfide) groups is 1. The standard InChI is InChI=1S/C23H28N2O5S2/c1-2-30-23(29)18(9-8-16-6-4-3-5-7-16)24-19-15-32-20(17-10-11-31-14-17)12-25(22(19)28)13-21(26)27/h3-7,10-11,14,18-20,24H,2,8-9,12-13,15H2,1H3,(H,26,27)/t18-,19-,20?/m0/s1. The fourth-order valence-electron chi connectivity index (χ4n) is 3.64. The first-order valence-corrected chi connectivity index (χ1v) is 12.6. The summed E-state index contributed by atoms with van der Waals surface area (Å²) < 4.78 is 5.25. The van der Waals surface area contributed by atoms with Crippen molar-refractivity contribution in [2.45, 2.75) is 37.1 Å². The van der Waals surface area contributed by atoms with Crippen molar-refractivity contribution in [2.24, 2.45) is 0 Å². The number of rotatable bonds is 10. The lowest BCUT2D eigenvalue weighted by molar-refractivity contribution is -0.148. The highest BCUT2D eigenvalue weighted by atomic mass is 32.2. The van der Waals surface area contributed by atoms with E-state index in [0.717, 1.165) is 11.1 Å². The molecule has 1 aliphatic heterocycles. The molecule has 0 aliphatic carbocycles. The van der Waals surface area contributed by atoms with E-state index in [1.807, 2.05) is 47.2 Å². The summed E-state index contributed by atoms with van der Waals surface area (Å²) in [6, 6.07) is 10.5. The van der Waals surface area contributed by atoms with Crippen LogP contribution in [0.5, 0.6) is 0 Å². The number of aryl methyl sites for hydroxylation is 1. The topological polar surface area (TPSA) is 95.9 Å². The number of carboxylic acid groups (broad SMARTS) is 1. The fourth-order valence-corrected chi connectivity index (χ4v) is 5.73. The van der Waals surface area contributed by atoms with Gasteiger partial charge in [-0.15, -0.1) is 11.8 Å². The summed E-state index contributed by atoms with van der Waals surface area (Å²) >= 11 is 3.17. The summed E-state index contributed by atoms with van der Waals surface area (Å²) in [5, 5.41) is 16.5. The number of carbonyl (C=O) groups excluding carboxylic acids is 2. The van der Waals surface area contributed by atoms with E-state index in [1.54, 1.807) is 30.0 Å². The summed E-state index contributed by atoms with van der Waals surface area (Å²) in [7, 11) is 0. The van der Waals surface area contributed by atoms with Gasteiger partial charge in [0.25, 0.3) is 0 Å². The second-order valence-corrected chi connectivity index (χ2v) is 9.56. The maximum Gasteiger partial charge on any atom is 0.323 e. The maximum absolute atomic E-state index is 13.2. The first kappa shape index (κ1) is 24.3. The fraction of sp³-hybridized carbons (Fsp3) is 0.435. The van der Waals surface area contributed by atoms with Gasteiger partial charge in [-0.25, -0.2) is 0 Å². The number of esters is 1. The first-order chi connectivity index (χ1) is 15.5. The van der Waals surface area contributed by atoms with Crippen molar-refractivity contribution in [3.05, 3.63) is 58.3 Å². The minimum Gasteiger partial charge on any atom is -0.480 e. The van der Waals surface area contributed by atoms with Gasteiger partial charge < -0.3 is 14.7 Å². The zero-order chi connectivity index (χ0) is 22.9. The highest BCUT2D eigenvalue weighted by molar-refractivity contribution is 7.99. The zero-order valence-electron chi connectivity index (χ0n) is 17.9. The molecule has 1 unspecified atom stereocenters. The lowest BCUT2D eigenvalue weighted by Crippen LogP contribution is -2.53. The van der Waals surface area contributed by atoms with Crippen LogP contribution in [0.2, 0.25) is 0 Å². The number of benzene rings is 1. The second kappa shape index (κ2) is 12.0. The summed E-state index contributed by atoms with van der Waals surface area (Å²) in [6.45, 7) is 1.95. The van der Waals surface area contributed by atoms with Gasteiger partial charge in [-0.3, -0.25) is 19.7 Å². The van der Waals surface area contributed by atoms with Gasteiger partial charge in [0.05, 0.1) is 12.6 Å². The van der Waals surface area contributed by atoms with Crippen molar-refractivity contribution in [1.82, 2.24) is 10.2 Å². The molecule has 1 saturated heterocycles. The molecule has 0 radical (unpaired) electrons. The van der Waals surface area contributed by atoms with Crippen molar-refractivity contribution in [1.29, 1.82) is 0 Å². The van der Waals surface area contributed by atoms with E-state index < -0.39 is 24.0 Å². The second-order valence-electron chi connectivity index (χ2n) is 7.54. The third-order valence-corrected chi connectivity index (χ3v) is 7.29. The molecule has 2 N–H and O–H groups in total. The molecule has 7 nitrogen and oxygen atoms in total. The van der Waals surface area contributed by atoms with Gasteiger partial charge in [0.1, 0.15) is 12.6 Å². The number of aliphatic carboxylic acids is 1. The Hall–Kier alpha value is -2.36. The number of thiophene rings is 1. The summed E-state index contributed by atoms with van der Waals surface area (Å²) in [4.78, 5) is 38.6. The number of nitrogens with zero attached hydrogens (tertiary/aromatic N) is 1. The van der Waals surface area contributed by atoms with Crippen LogP contribution in [0, 0.1) is 0 Å². The monoisotopic (exact) mass is 476 g/mol. The van der Waals surface area contributed by atoms with Gasteiger partial charge >= 0.3 is 11.9 Å². The molecule has 3 rings (SSSR count). The molecule has 1 aromatic carbocycles. The molecule has 9 heteroatoms. The Morgan fingerprint density at radius 1 is 1.28 bits per heavy atom. The Labute approximate surface area is 196 Å². The molecule has 1 fully saturated rings. The molecular formula is C23H28N2O5S2. The average molecular weight is 477 g/mol. The number of hydrogen-bond acceptors (Lipinski definition) is 7. The van der Waals surface area contributed by atoms with Crippen LogP contribution in [0.4, 0.5) is 0 Å². The van der Waals surface area contributed by atoms with Gasteiger partial charge in [-0.1, -0.05) is 30.3 Å². The molecule has 32 heavy (non-hydrogen) atoms. The Balaban J connectivity index is 1.75. The van der Waals surface area contributed by atoms with E-state index in [1.165, 1.54) is 4.90 Å². The molecule has 172 valence electrons. The molecule has 3 atom stereocenters. The number of nitrogens with one attached hydrogen (secondary N) is 1. The van der Waals surface area contributed by atoms with Crippen LogP contribution < -0.4 is 5.32 Å². The van der Waals surface area contributed by atoms with E-state index in [-0.39, 0.29) is 24.3 Å². The number of ether oxygens (including phenoxy) is 1. The van der Waals surface area contributed by atoms with Crippen LogP contribution in [-0.4, -0.2) is 65.4 Å². The zero-order valence-corrected chi connectivity index (χ0v) is 19.6. The normalized spacial score (nSPS) is 19.9. The van der Waals surface area contributed by atoms with Crippen LogP contribution in [-0.2, 0) is 25.5 Å². The maximum atomic E-state index is 13.2. The molecule has 0 spiro atoms. The van der Waals surface area contributed by atoms with Crippen molar-refractivity contribution >= 4 is 40.9 Å². The van der Waals surface area contributed by atoms with Crippen LogP contribution in [0.15, 0.2) is 47.2 Å². The van der Waals surface area contributed by atoms with Crippen LogP contribution >= 0.6 is 23.1 Å². The Morgan fingerprint density at radius 2 is 2.06 bits per heavy atom. The van der Waals surface area contributed by atoms with E-state index in [2.05, 4.69) is 5.32 Å². The van der Waals surface area contributed by atoms with Gasteiger partial charge in [-0.05, 0) is 47.7 Å². The molecule has 1 amide bonds. The SMILES string of the molecule is CCOC(=O)[C@H](CCc1ccccc1)N[C@H]1CSC(c2ccsc2)CN(CC(=O)O)C1=O. The number of carboxylic acids is 1. The summed E-state index contributed by atoms with van der Waals surface area (Å²) in [6.07, 6.45) is 1.13. The lowest BCUT2D eigenvalue weighted by atomic mass is 10.0. The van der Waals surface area contributed by atoms with E-state index in [0.29, 0.717) is 25.1 Å². The highest BCUT2D eigenvalue weighted by Gasteiger charge is 2.35. The van der Waals surface area contributed by atoms with Crippen molar-refractivity contribution in [3.63, 3.8) is 0 Å². The van der Waals surface area contributed by atoms with Gasteiger partial charge in [0.15, 0.2) is 0 Å². The highest BCUT2D eigenvalue weighted by Crippen LogP contribution is 2.34. The molecule has 1 aliphatic rings. The van der Waals surface area contributed by atoms with E-state index >= 15 is 0 Å². The first-order valence-electron chi connectivity index (χ1n) is 10.6. The van der Waals surface area contributed by atoms with Crippen LogP contribution in [0.3, 0.4) is 0 Å². The van der Waals surface area contributed by atoms with Crippen LogP contribution in [0.1, 0.15) is 29.7 Å². The lowest BCUT2D eigenvalue weighted by Gasteiger charge is -2.26.